The Morgan fingerprint density at radius 1 is 1.28 bits per heavy atom. The van der Waals surface area contributed by atoms with Crippen molar-refractivity contribution in [2.75, 3.05) is 0 Å². The number of benzene rings is 1. The summed E-state index contributed by atoms with van der Waals surface area (Å²) >= 11 is 0. The van der Waals surface area contributed by atoms with Crippen LogP contribution in [0.25, 0.3) is 16.6 Å². The number of nitrogens with zero attached hydrogens (tertiary/aromatic N) is 3. The van der Waals surface area contributed by atoms with Gasteiger partial charge in [-0.05, 0) is 18.2 Å². The largest absolute Gasteiger partial charge is 0.478 e. The number of rotatable bonds is 2. The molecule has 18 heavy (non-hydrogen) atoms. The quantitative estimate of drug-likeness (QED) is 0.743. The van der Waals surface area contributed by atoms with Crippen molar-refractivity contribution in [1.82, 2.24) is 14.8 Å². The molecule has 1 aromatic carbocycles. The summed E-state index contributed by atoms with van der Waals surface area (Å²) in [5.74, 6) is -0.978. The highest BCUT2D eigenvalue weighted by Crippen LogP contribution is 2.20. The fourth-order valence-corrected chi connectivity index (χ4v) is 1.86. The van der Waals surface area contributed by atoms with Gasteiger partial charge in [0.2, 0.25) is 0 Å². The number of fused-ring (bicyclic) bond motifs is 1. The summed E-state index contributed by atoms with van der Waals surface area (Å²) in [6.07, 6.45) is 4.86. The number of pyridine rings is 1. The molecule has 0 aliphatic rings. The Bertz CT molecular complexity index is 720. The van der Waals surface area contributed by atoms with Gasteiger partial charge in [0.15, 0.2) is 0 Å². The number of aromatic nitrogens is 3. The molecule has 5 heteroatoms. The summed E-state index contributed by atoms with van der Waals surface area (Å²) in [5.41, 5.74) is 1.74. The molecular formula is C13H9N3O2. The van der Waals surface area contributed by atoms with E-state index in [0.717, 1.165) is 16.6 Å². The summed E-state index contributed by atoms with van der Waals surface area (Å²) in [7, 11) is 0. The van der Waals surface area contributed by atoms with Crippen molar-refractivity contribution >= 4 is 16.9 Å². The van der Waals surface area contributed by atoms with Crippen LogP contribution in [0.15, 0.2) is 48.9 Å². The lowest BCUT2D eigenvalue weighted by atomic mass is 10.1. The number of carboxylic acids is 1. The number of aromatic carboxylic acids is 1. The molecule has 0 atom stereocenters. The minimum Gasteiger partial charge on any atom is -0.478 e. The second kappa shape index (κ2) is 3.96. The maximum absolute atomic E-state index is 10.9. The molecule has 0 saturated heterocycles. The van der Waals surface area contributed by atoms with Crippen LogP contribution in [-0.4, -0.2) is 25.8 Å². The van der Waals surface area contributed by atoms with Crippen LogP contribution in [0.3, 0.4) is 0 Å². The summed E-state index contributed by atoms with van der Waals surface area (Å²) in [6, 6.07) is 9.01. The zero-order valence-electron chi connectivity index (χ0n) is 9.32. The van der Waals surface area contributed by atoms with Crippen LogP contribution in [0.2, 0.25) is 0 Å². The summed E-state index contributed by atoms with van der Waals surface area (Å²) < 4.78 is 1.70. The Labute approximate surface area is 102 Å². The van der Waals surface area contributed by atoms with E-state index in [9.17, 15) is 4.79 Å². The van der Waals surface area contributed by atoms with E-state index in [0.29, 0.717) is 0 Å². The van der Waals surface area contributed by atoms with E-state index in [2.05, 4.69) is 10.1 Å². The first-order valence-electron chi connectivity index (χ1n) is 5.38. The molecule has 5 nitrogen and oxygen atoms in total. The lowest BCUT2D eigenvalue weighted by molar-refractivity contribution is 0.0696. The lowest BCUT2D eigenvalue weighted by Gasteiger charge is -2.06. The molecule has 0 fully saturated rings. The van der Waals surface area contributed by atoms with Gasteiger partial charge in [0, 0.05) is 24.0 Å². The van der Waals surface area contributed by atoms with Crippen molar-refractivity contribution in [2.24, 2.45) is 0 Å². The SMILES string of the molecule is O=C(O)c1cnc2c(-n3cccn3)cccc2c1. The Hall–Kier alpha value is -2.69. The van der Waals surface area contributed by atoms with Gasteiger partial charge in [0.25, 0.3) is 0 Å². The first-order chi connectivity index (χ1) is 8.75. The van der Waals surface area contributed by atoms with E-state index < -0.39 is 5.97 Å². The van der Waals surface area contributed by atoms with Crippen LogP contribution in [0.1, 0.15) is 10.4 Å². The van der Waals surface area contributed by atoms with E-state index in [1.807, 2.05) is 30.5 Å². The third-order valence-corrected chi connectivity index (χ3v) is 2.69. The predicted octanol–water partition coefficient (Wildman–Crippen LogP) is 2.12. The highest BCUT2D eigenvalue weighted by molar-refractivity contribution is 5.94. The number of hydrogen-bond donors (Lipinski definition) is 1. The average molecular weight is 239 g/mol. The average Bonchev–Trinajstić information content (AvgIpc) is 2.91. The van der Waals surface area contributed by atoms with Gasteiger partial charge in [-0.15, -0.1) is 0 Å². The van der Waals surface area contributed by atoms with Gasteiger partial charge >= 0.3 is 5.97 Å². The molecule has 0 radical (unpaired) electrons. The lowest BCUT2D eigenvalue weighted by Crippen LogP contribution is -2.00. The first-order valence-corrected chi connectivity index (χ1v) is 5.38. The first kappa shape index (κ1) is 10.5. The summed E-state index contributed by atoms with van der Waals surface area (Å²) in [4.78, 5) is 15.1. The van der Waals surface area contributed by atoms with Crippen molar-refractivity contribution in [2.45, 2.75) is 0 Å². The highest BCUT2D eigenvalue weighted by atomic mass is 16.4. The summed E-state index contributed by atoms with van der Waals surface area (Å²) in [6.45, 7) is 0. The molecule has 0 aliphatic carbocycles. The zero-order chi connectivity index (χ0) is 12.5. The molecule has 0 unspecified atom stereocenters. The molecule has 3 aromatic rings. The molecule has 0 bridgehead atoms. The van der Waals surface area contributed by atoms with Gasteiger partial charge < -0.3 is 5.11 Å². The van der Waals surface area contributed by atoms with Gasteiger partial charge in [-0.25, -0.2) is 9.48 Å². The van der Waals surface area contributed by atoms with E-state index in [-0.39, 0.29) is 5.56 Å². The third-order valence-electron chi connectivity index (χ3n) is 2.69. The normalized spacial score (nSPS) is 10.7. The van der Waals surface area contributed by atoms with Crippen molar-refractivity contribution in [1.29, 1.82) is 0 Å². The van der Waals surface area contributed by atoms with Crippen LogP contribution in [0.4, 0.5) is 0 Å². The summed E-state index contributed by atoms with van der Waals surface area (Å²) in [5, 5.41) is 13.9. The van der Waals surface area contributed by atoms with Crippen molar-refractivity contribution in [3.63, 3.8) is 0 Å². The Balaban J connectivity index is 2.26. The molecule has 0 aliphatic heterocycles. The maximum Gasteiger partial charge on any atom is 0.337 e. The fourth-order valence-electron chi connectivity index (χ4n) is 1.86. The molecular weight excluding hydrogens is 230 g/mol. The Kier molecular flexibility index (Phi) is 2.30. The van der Waals surface area contributed by atoms with E-state index in [1.165, 1.54) is 6.20 Å². The minimum absolute atomic E-state index is 0.181. The second-order valence-corrected chi connectivity index (χ2v) is 3.83. The topological polar surface area (TPSA) is 68.0 Å². The van der Waals surface area contributed by atoms with Gasteiger partial charge in [-0.1, -0.05) is 12.1 Å². The van der Waals surface area contributed by atoms with Crippen molar-refractivity contribution in [3.8, 4) is 5.69 Å². The van der Waals surface area contributed by atoms with E-state index >= 15 is 0 Å². The van der Waals surface area contributed by atoms with Crippen molar-refractivity contribution < 1.29 is 9.90 Å². The smallest absolute Gasteiger partial charge is 0.337 e. The van der Waals surface area contributed by atoms with Crippen LogP contribution < -0.4 is 0 Å². The van der Waals surface area contributed by atoms with Gasteiger partial charge in [0.05, 0.1) is 16.8 Å². The molecule has 3 rings (SSSR count). The van der Waals surface area contributed by atoms with Gasteiger partial charge in [-0.2, -0.15) is 5.10 Å². The van der Waals surface area contributed by atoms with E-state index in [4.69, 9.17) is 5.11 Å². The minimum atomic E-state index is -0.978. The Morgan fingerprint density at radius 3 is 2.89 bits per heavy atom. The standard InChI is InChI=1S/C13H9N3O2/c17-13(18)10-7-9-3-1-4-11(12(9)14-8-10)16-6-2-5-15-16/h1-8H,(H,17,18). The van der Waals surface area contributed by atoms with Gasteiger partial charge in [-0.3, -0.25) is 4.98 Å². The maximum atomic E-state index is 10.9. The molecule has 2 heterocycles. The molecule has 0 amide bonds. The van der Waals surface area contributed by atoms with Crippen LogP contribution >= 0.6 is 0 Å². The molecule has 0 saturated carbocycles. The zero-order valence-corrected chi connectivity index (χ0v) is 9.32. The second-order valence-electron chi connectivity index (χ2n) is 3.83. The number of carbonyl (C=O) groups is 1. The number of para-hydroxylation sites is 1. The molecule has 0 spiro atoms. The predicted molar refractivity (Wildman–Crippen MR) is 65.8 cm³/mol. The van der Waals surface area contributed by atoms with Crippen LogP contribution in [0.5, 0.6) is 0 Å². The van der Waals surface area contributed by atoms with Crippen LogP contribution in [-0.2, 0) is 0 Å². The molecule has 2 aromatic heterocycles. The van der Waals surface area contributed by atoms with Gasteiger partial charge in [0.1, 0.15) is 0 Å². The third kappa shape index (κ3) is 1.62. The number of carboxylic acid groups (broad SMARTS) is 1. The molecule has 88 valence electrons. The van der Waals surface area contributed by atoms with E-state index in [1.54, 1.807) is 16.9 Å². The number of hydrogen-bond acceptors (Lipinski definition) is 3. The highest BCUT2D eigenvalue weighted by Gasteiger charge is 2.08. The van der Waals surface area contributed by atoms with Crippen molar-refractivity contribution in [3.05, 3.63) is 54.5 Å². The van der Waals surface area contributed by atoms with Crippen LogP contribution in [0, 0.1) is 0 Å². The fraction of sp³-hybridized carbons (Fsp3) is 0. The Morgan fingerprint density at radius 2 is 2.17 bits per heavy atom. The molecule has 1 N–H and O–H groups in total. The monoisotopic (exact) mass is 239 g/mol.